The van der Waals surface area contributed by atoms with Gasteiger partial charge in [-0.15, -0.1) is 0 Å². The number of H-pyrrole nitrogens is 1. The third kappa shape index (κ3) is 2.88. The Morgan fingerprint density at radius 2 is 2.22 bits per heavy atom. The number of nitrogens with two attached hydrogens (primary N) is 1. The fraction of sp³-hybridized carbons (Fsp3) is 0.231. The van der Waals surface area contributed by atoms with Gasteiger partial charge in [0.25, 0.3) is 5.91 Å². The monoisotopic (exact) mass is 244 g/mol. The lowest BCUT2D eigenvalue weighted by Gasteiger charge is -2.06. The van der Waals surface area contributed by atoms with Gasteiger partial charge in [0.2, 0.25) is 0 Å². The van der Waals surface area contributed by atoms with Gasteiger partial charge < -0.3 is 11.1 Å². The van der Waals surface area contributed by atoms with E-state index in [0.29, 0.717) is 18.1 Å². The Bertz CT molecular complexity index is 547. The van der Waals surface area contributed by atoms with Crippen molar-refractivity contribution in [1.82, 2.24) is 15.5 Å². The van der Waals surface area contributed by atoms with E-state index in [1.165, 1.54) is 17.2 Å². The molecule has 94 valence electrons. The molecular formula is C13H16N4O. The van der Waals surface area contributed by atoms with E-state index in [-0.39, 0.29) is 5.91 Å². The van der Waals surface area contributed by atoms with Gasteiger partial charge in [0.1, 0.15) is 11.5 Å². The molecule has 5 heteroatoms. The number of carbonyl (C=O) groups is 1. The van der Waals surface area contributed by atoms with E-state index in [0.717, 1.165) is 6.42 Å². The molecule has 0 spiro atoms. The van der Waals surface area contributed by atoms with Crippen molar-refractivity contribution in [3.8, 4) is 0 Å². The van der Waals surface area contributed by atoms with Crippen LogP contribution in [-0.2, 0) is 6.42 Å². The molecule has 0 saturated heterocycles. The van der Waals surface area contributed by atoms with E-state index in [4.69, 9.17) is 5.73 Å². The molecular weight excluding hydrogens is 228 g/mol. The van der Waals surface area contributed by atoms with Gasteiger partial charge in [-0.1, -0.05) is 24.3 Å². The Morgan fingerprint density at radius 1 is 1.44 bits per heavy atom. The summed E-state index contributed by atoms with van der Waals surface area (Å²) in [5.41, 5.74) is 8.29. The van der Waals surface area contributed by atoms with Gasteiger partial charge in [-0.25, -0.2) is 0 Å². The molecule has 18 heavy (non-hydrogen) atoms. The predicted octanol–water partition coefficient (Wildman–Crippen LogP) is 1.27. The van der Waals surface area contributed by atoms with Gasteiger partial charge in [-0.3, -0.25) is 9.89 Å². The summed E-state index contributed by atoms with van der Waals surface area (Å²) in [5, 5.41) is 9.11. The van der Waals surface area contributed by atoms with E-state index in [2.05, 4.69) is 34.6 Å². The zero-order chi connectivity index (χ0) is 13.0. The van der Waals surface area contributed by atoms with Gasteiger partial charge in [0, 0.05) is 12.6 Å². The summed E-state index contributed by atoms with van der Waals surface area (Å²) in [6.07, 6.45) is 0.808. The summed E-state index contributed by atoms with van der Waals surface area (Å²) in [4.78, 5) is 11.7. The molecule has 2 rings (SSSR count). The largest absolute Gasteiger partial charge is 0.382 e. The van der Waals surface area contributed by atoms with Crippen LogP contribution in [0, 0.1) is 6.92 Å². The number of hydrogen-bond donors (Lipinski definition) is 3. The lowest BCUT2D eigenvalue weighted by Crippen LogP contribution is -2.26. The zero-order valence-electron chi connectivity index (χ0n) is 10.2. The average Bonchev–Trinajstić information content (AvgIpc) is 2.78. The minimum absolute atomic E-state index is 0.187. The maximum atomic E-state index is 11.7. The number of anilines is 1. The lowest BCUT2D eigenvalue weighted by molar-refractivity contribution is 0.0949. The van der Waals surface area contributed by atoms with Gasteiger partial charge in [0.15, 0.2) is 0 Å². The number of nitrogen functional groups attached to an aromatic ring is 1. The predicted molar refractivity (Wildman–Crippen MR) is 70.2 cm³/mol. The quantitative estimate of drug-likeness (QED) is 0.757. The smallest absolute Gasteiger partial charge is 0.269 e. The number of aromatic nitrogens is 2. The van der Waals surface area contributed by atoms with Crippen molar-refractivity contribution in [1.29, 1.82) is 0 Å². The maximum Gasteiger partial charge on any atom is 0.269 e. The minimum atomic E-state index is -0.187. The second-order valence-corrected chi connectivity index (χ2v) is 4.14. The molecule has 1 heterocycles. The summed E-state index contributed by atoms with van der Waals surface area (Å²) >= 11 is 0. The molecule has 0 radical (unpaired) electrons. The number of carbonyl (C=O) groups excluding carboxylic acids is 1. The summed E-state index contributed by atoms with van der Waals surface area (Å²) < 4.78 is 0. The Labute approximate surface area is 105 Å². The summed E-state index contributed by atoms with van der Waals surface area (Å²) in [7, 11) is 0. The first-order chi connectivity index (χ1) is 8.66. The Morgan fingerprint density at radius 3 is 2.89 bits per heavy atom. The van der Waals surface area contributed by atoms with Crippen molar-refractivity contribution in [3.05, 3.63) is 47.2 Å². The van der Waals surface area contributed by atoms with Crippen molar-refractivity contribution in [2.24, 2.45) is 0 Å². The third-order valence-corrected chi connectivity index (χ3v) is 2.78. The average molecular weight is 244 g/mol. The second-order valence-electron chi connectivity index (χ2n) is 4.14. The highest BCUT2D eigenvalue weighted by Crippen LogP contribution is 2.07. The van der Waals surface area contributed by atoms with Crippen LogP contribution in [0.5, 0.6) is 0 Å². The molecule has 2 aromatic rings. The summed E-state index contributed by atoms with van der Waals surface area (Å²) in [6.45, 7) is 2.65. The number of amides is 1. The van der Waals surface area contributed by atoms with Crippen LogP contribution in [0.25, 0.3) is 0 Å². The molecule has 5 nitrogen and oxygen atoms in total. The fourth-order valence-corrected chi connectivity index (χ4v) is 1.75. The molecule has 0 aliphatic rings. The molecule has 1 amide bonds. The number of hydrogen-bond acceptors (Lipinski definition) is 3. The second kappa shape index (κ2) is 5.35. The molecule has 1 aromatic heterocycles. The van der Waals surface area contributed by atoms with Gasteiger partial charge in [-0.2, -0.15) is 5.10 Å². The molecule has 4 N–H and O–H groups in total. The highest BCUT2D eigenvalue weighted by molar-refractivity contribution is 5.92. The van der Waals surface area contributed by atoms with Crippen molar-refractivity contribution >= 4 is 11.7 Å². The third-order valence-electron chi connectivity index (χ3n) is 2.78. The molecule has 1 aromatic carbocycles. The van der Waals surface area contributed by atoms with E-state index < -0.39 is 0 Å². The van der Waals surface area contributed by atoms with Crippen LogP contribution in [0.1, 0.15) is 21.6 Å². The Kier molecular flexibility index (Phi) is 3.62. The van der Waals surface area contributed by atoms with E-state index >= 15 is 0 Å². The minimum Gasteiger partial charge on any atom is -0.382 e. The van der Waals surface area contributed by atoms with Gasteiger partial charge in [0.05, 0.1) is 0 Å². The van der Waals surface area contributed by atoms with E-state index in [1.54, 1.807) is 0 Å². The number of aromatic amines is 1. The number of nitrogens with one attached hydrogen (secondary N) is 2. The van der Waals surface area contributed by atoms with Gasteiger partial charge >= 0.3 is 0 Å². The van der Waals surface area contributed by atoms with E-state index in [9.17, 15) is 4.79 Å². The van der Waals surface area contributed by atoms with Crippen LogP contribution >= 0.6 is 0 Å². The molecule has 0 bridgehead atoms. The number of rotatable bonds is 4. The maximum absolute atomic E-state index is 11.7. The number of nitrogens with zero attached hydrogens (tertiary/aromatic N) is 1. The van der Waals surface area contributed by atoms with Crippen molar-refractivity contribution in [2.75, 3.05) is 12.3 Å². The van der Waals surface area contributed by atoms with Crippen LogP contribution in [0.3, 0.4) is 0 Å². The van der Waals surface area contributed by atoms with Crippen molar-refractivity contribution in [3.63, 3.8) is 0 Å². The Hall–Kier alpha value is -2.30. The van der Waals surface area contributed by atoms with E-state index in [1.807, 2.05) is 12.1 Å². The molecule has 0 unspecified atom stereocenters. The number of aryl methyl sites for hydroxylation is 1. The van der Waals surface area contributed by atoms with Crippen molar-refractivity contribution < 1.29 is 4.79 Å². The van der Waals surface area contributed by atoms with Gasteiger partial charge in [-0.05, 0) is 24.5 Å². The SMILES string of the molecule is Cc1ccccc1CCNC(=O)c1cc(N)n[nH]1. The first kappa shape index (κ1) is 12.2. The standard InChI is InChI=1S/C13H16N4O/c1-9-4-2-3-5-10(9)6-7-15-13(18)11-8-12(14)17-16-11/h2-5,8H,6-7H2,1H3,(H,15,18)(H3,14,16,17). The van der Waals surface area contributed by atoms with Crippen LogP contribution in [0.15, 0.2) is 30.3 Å². The van der Waals surface area contributed by atoms with Crippen LogP contribution in [0.2, 0.25) is 0 Å². The summed E-state index contributed by atoms with van der Waals surface area (Å²) in [6, 6.07) is 9.65. The highest BCUT2D eigenvalue weighted by Gasteiger charge is 2.07. The first-order valence-electron chi connectivity index (χ1n) is 5.80. The molecule has 0 saturated carbocycles. The zero-order valence-corrected chi connectivity index (χ0v) is 10.2. The van der Waals surface area contributed by atoms with Crippen LogP contribution in [-0.4, -0.2) is 22.6 Å². The van der Waals surface area contributed by atoms with Crippen LogP contribution in [0.4, 0.5) is 5.82 Å². The van der Waals surface area contributed by atoms with Crippen LogP contribution < -0.4 is 11.1 Å². The normalized spacial score (nSPS) is 10.3. The van der Waals surface area contributed by atoms with Crippen molar-refractivity contribution in [2.45, 2.75) is 13.3 Å². The highest BCUT2D eigenvalue weighted by atomic mass is 16.1. The molecule has 0 fully saturated rings. The lowest BCUT2D eigenvalue weighted by atomic mass is 10.1. The molecule has 0 atom stereocenters. The first-order valence-corrected chi connectivity index (χ1v) is 5.80. The molecule has 0 aliphatic heterocycles. The topological polar surface area (TPSA) is 83.8 Å². The Balaban J connectivity index is 1.86. The fourth-order valence-electron chi connectivity index (χ4n) is 1.75. The summed E-state index contributed by atoms with van der Waals surface area (Å²) in [5.74, 6) is 0.131. The number of benzene rings is 1. The molecule has 0 aliphatic carbocycles.